The Morgan fingerprint density at radius 2 is 2.24 bits per heavy atom. The monoisotopic (exact) mass is 308 g/mol. The predicted molar refractivity (Wildman–Crippen MR) is 86.8 cm³/mol. The largest absolute Gasteiger partial charge is 0.481 e. The molecule has 0 saturated heterocycles. The molecule has 0 aromatic carbocycles. The zero-order valence-electron chi connectivity index (χ0n) is 13.3. The maximum atomic E-state index is 6.07. The number of aromatic nitrogens is 2. The van der Waals surface area contributed by atoms with Crippen LogP contribution >= 0.6 is 11.3 Å². The summed E-state index contributed by atoms with van der Waals surface area (Å²) in [6.07, 6.45) is 0. The van der Waals surface area contributed by atoms with Gasteiger partial charge in [-0.2, -0.15) is 5.10 Å². The maximum Gasteiger partial charge on any atom is 0.216 e. The van der Waals surface area contributed by atoms with E-state index in [0.717, 1.165) is 17.1 Å². The summed E-state index contributed by atoms with van der Waals surface area (Å²) in [6.45, 7) is 4.73. The number of methoxy groups -OCH3 is 1. The summed E-state index contributed by atoms with van der Waals surface area (Å²) in [4.78, 5) is 3.62. The van der Waals surface area contributed by atoms with Crippen molar-refractivity contribution in [2.24, 2.45) is 12.8 Å². The fourth-order valence-electron chi connectivity index (χ4n) is 2.77. The van der Waals surface area contributed by atoms with Gasteiger partial charge in [0, 0.05) is 24.5 Å². The molecule has 0 bridgehead atoms. The van der Waals surface area contributed by atoms with Gasteiger partial charge in [0.05, 0.1) is 24.4 Å². The first-order chi connectivity index (χ1) is 10.0. The summed E-state index contributed by atoms with van der Waals surface area (Å²) in [5.41, 5.74) is 8.11. The summed E-state index contributed by atoms with van der Waals surface area (Å²) in [6, 6.07) is 4.61. The van der Waals surface area contributed by atoms with E-state index >= 15 is 0 Å². The summed E-state index contributed by atoms with van der Waals surface area (Å²) in [5, 5.41) is 6.57. The van der Waals surface area contributed by atoms with Crippen LogP contribution in [0.3, 0.4) is 0 Å². The third-order valence-corrected chi connectivity index (χ3v) is 5.06. The fraction of sp³-hybridized carbons (Fsp3) is 0.533. The van der Waals surface area contributed by atoms with Gasteiger partial charge in [0.1, 0.15) is 0 Å². The zero-order valence-corrected chi connectivity index (χ0v) is 14.1. The molecule has 0 aliphatic carbocycles. The van der Waals surface area contributed by atoms with Crippen LogP contribution in [0.15, 0.2) is 17.5 Å². The number of ether oxygens (including phenoxy) is 1. The molecular weight excluding hydrogens is 284 g/mol. The Balaban J connectivity index is 2.35. The lowest BCUT2D eigenvalue weighted by Crippen LogP contribution is -2.33. The predicted octanol–water partition coefficient (Wildman–Crippen LogP) is 2.49. The van der Waals surface area contributed by atoms with Crippen LogP contribution in [0.2, 0.25) is 0 Å². The van der Waals surface area contributed by atoms with E-state index in [9.17, 15) is 0 Å². The molecule has 0 radical (unpaired) electrons. The van der Waals surface area contributed by atoms with E-state index in [1.165, 1.54) is 4.88 Å². The number of rotatable bonds is 6. The number of nitrogens with zero attached hydrogens (tertiary/aromatic N) is 3. The van der Waals surface area contributed by atoms with Gasteiger partial charge in [-0.1, -0.05) is 6.07 Å². The molecule has 0 spiro atoms. The van der Waals surface area contributed by atoms with Crippen LogP contribution in [-0.2, 0) is 7.05 Å². The first kappa shape index (κ1) is 16.0. The molecule has 2 aromatic rings. The summed E-state index contributed by atoms with van der Waals surface area (Å²) < 4.78 is 7.30. The third-order valence-electron chi connectivity index (χ3n) is 4.02. The van der Waals surface area contributed by atoms with Crippen LogP contribution in [0.5, 0.6) is 5.88 Å². The molecule has 2 rings (SSSR count). The van der Waals surface area contributed by atoms with E-state index in [1.807, 2.05) is 14.0 Å². The highest BCUT2D eigenvalue weighted by Gasteiger charge is 2.28. The molecule has 116 valence electrons. The molecule has 2 atom stereocenters. The highest BCUT2D eigenvalue weighted by molar-refractivity contribution is 7.10. The third kappa shape index (κ3) is 2.97. The second-order valence-electron chi connectivity index (χ2n) is 5.24. The van der Waals surface area contributed by atoms with Gasteiger partial charge in [-0.15, -0.1) is 11.3 Å². The quantitative estimate of drug-likeness (QED) is 0.891. The molecule has 2 N–H and O–H groups in total. The minimum atomic E-state index is 0.0748. The molecule has 0 fully saturated rings. The fourth-order valence-corrected chi connectivity index (χ4v) is 3.60. The van der Waals surface area contributed by atoms with Gasteiger partial charge in [-0.05, 0) is 32.3 Å². The van der Waals surface area contributed by atoms with Gasteiger partial charge >= 0.3 is 0 Å². The average Bonchev–Trinajstić information content (AvgIpc) is 3.07. The van der Waals surface area contributed by atoms with Crippen LogP contribution < -0.4 is 10.5 Å². The lowest BCUT2D eigenvalue weighted by molar-refractivity contribution is 0.188. The van der Waals surface area contributed by atoms with Crippen LogP contribution in [0.1, 0.15) is 35.1 Å². The number of thiophene rings is 1. The van der Waals surface area contributed by atoms with Gasteiger partial charge in [0.15, 0.2) is 0 Å². The van der Waals surface area contributed by atoms with Gasteiger partial charge in [-0.3, -0.25) is 4.90 Å². The first-order valence-electron chi connectivity index (χ1n) is 7.04. The average molecular weight is 308 g/mol. The second-order valence-corrected chi connectivity index (χ2v) is 6.22. The van der Waals surface area contributed by atoms with Crippen LogP contribution in [0, 0.1) is 6.92 Å². The molecule has 0 saturated carbocycles. The molecule has 5 nitrogen and oxygen atoms in total. The molecule has 0 aliphatic rings. The Morgan fingerprint density at radius 1 is 1.52 bits per heavy atom. The van der Waals surface area contributed by atoms with E-state index in [-0.39, 0.29) is 6.04 Å². The smallest absolute Gasteiger partial charge is 0.216 e. The molecule has 0 amide bonds. The minimum absolute atomic E-state index is 0.0748. The topological polar surface area (TPSA) is 56.3 Å². The lowest BCUT2D eigenvalue weighted by atomic mass is 10.0. The van der Waals surface area contributed by atoms with Gasteiger partial charge < -0.3 is 10.5 Å². The molecule has 2 unspecified atom stereocenters. The van der Waals surface area contributed by atoms with Crippen molar-refractivity contribution in [3.8, 4) is 5.88 Å². The SMILES string of the molecule is COc1c(C(CN)N(C)C(C)c2cccs2)c(C)nn1C. The van der Waals surface area contributed by atoms with Crippen molar-refractivity contribution in [2.75, 3.05) is 20.7 Å². The van der Waals surface area contributed by atoms with Gasteiger partial charge in [-0.25, -0.2) is 4.68 Å². The summed E-state index contributed by atoms with van der Waals surface area (Å²) in [5.74, 6) is 0.785. The Labute approximate surface area is 130 Å². The number of nitrogens with two attached hydrogens (primary N) is 1. The molecule has 2 aromatic heterocycles. The number of hydrogen-bond acceptors (Lipinski definition) is 5. The molecular formula is C15H24N4OS. The van der Waals surface area contributed by atoms with Gasteiger partial charge in [0.2, 0.25) is 5.88 Å². The van der Waals surface area contributed by atoms with Crippen molar-refractivity contribution in [3.05, 3.63) is 33.6 Å². The van der Waals surface area contributed by atoms with E-state index in [1.54, 1.807) is 23.1 Å². The zero-order chi connectivity index (χ0) is 15.6. The Morgan fingerprint density at radius 3 is 2.76 bits per heavy atom. The van der Waals surface area contributed by atoms with Crippen molar-refractivity contribution < 1.29 is 4.74 Å². The van der Waals surface area contributed by atoms with E-state index in [2.05, 4.69) is 41.5 Å². The molecule has 6 heteroatoms. The maximum absolute atomic E-state index is 6.07. The Hall–Kier alpha value is -1.37. The van der Waals surface area contributed by atoms with Gasteiger partial charge in [0.25, 0.3) is 0 Å². The highest BCUT2D eigenvalue weighted by atomic mass is 32.1. The number of likely N-dealkylation sites (N-methyl/N-ethyl adjacent to an activating group) is 1. The van der Waals surface area contributed by atoms with Crippen molar-refractivity contribution in [3.63, 3.8) is 0 Å². The lowest BCUT2D eigenvalue weighted by Gasteiger charge is -2.32. The molecule has 2 heterocycles. The van der Waals surface area contributed by atoms with Crippen molar-refractivity contribution in [2.45, 2.75) is 25.9 Å². The first-order valence-corrected chi connectivity index (χ1v) is 7.92. The summed E-state index contributed by atoms with van der Waals surface area (Å²) in [7, 11) is 5.68. The molecule has 21 heavy (non-hydrogen) atoms. The van der Waals surface area contributed by atoms with E-state index in [0.29, 0.717) is 12.6 Å². The second kappa shape index (κ2) is 6.60. The normalized spacial score (nSPS) is 14.4. The number of aryl methyl sites for hydroxylation is 2. The summed E-state index contributed by atoms with van der Waals surface area (Å²) >= 11 is 1.77. The van der Waals surface area contributed by atoms with Crippen LogP contribution in [0.4, 0.5) is 0 Å². The van der Waals surface area contributed by atoms with Crippen molar-refractivity contribution >= 4 is 11.3 Å². The molecule has 0 aliphatic heterocycles. The highest BCUT2D eigenvalue weighted by Crippen LogP contribution is 2.35. The standard InChI is InChI=1S/C15H24N4OS/c1-10-14(15(20-5)19(4)17-10)12(9-16)18(3)11(2)13-7-6-8-21-13/h6-8,11-12H,9,16H2,1-5H3. The van der Waals surface area contributed by atoms with Crippen LogP contribution in [-0.4, -0.2) is 35.4 Å². The van der Waals surface area contributed by atoms with E-state index < -0.39 is 0 Å². The Bertz CT molecular complexity index is 579. The number of hydrogen-bond donors (Lipinski definition) is 1. The minimum Gasteiger partial charge on any atom is -0.481 e. The van der Waals surface area contributed by atoms with Crippen LogP contribution in [0.25, 0.3) is 0 Å². The van der Waals surface area contributed by atoms with E-state index in [4.69, 9.17) is 10.5 Å². The van der Waals surface area contributed by atoms with Crippen molar-refractivity contribution in [1.29, 1.82) is 0 Å². The van der Waals surface area contributed by atoms with Crippen molar-refractivity contribution in [1.82, 2.24) is 14.7 Å². The Kier molecular flexibility index (Phi) is 5.03.